The molecule has 0 radical (unpaired) electrons. The molecular formula is C17H14N2O4. The number of nitro benzene ring substituents is 1. The van der Waals surface area contributed by atoms with E-state index in [-0.39, 0.29) is 23.6 Å². The number of carbonyl (C=O) groups is 1. The summed E-state index contributed by atoms with van der Waals surface area (Å²) in [7, 11) is 1.32. The molecule has 0 spiro atoms. The first-order chi connectivity index (χ1) is 11.0. The van der Waals surface area contributed by atoms with E-state index in [1.807, 2.05) is 18.2 Å². The molecule has 0 heterocycles. The minimum absolute atomic E-state index is 0.100. The number of esters is 1. The Hall–Kier alpha value is -3.20. The molecule has 0 aliphatic heterocycles. The zero-order valence-corrected chi connectivity index (χ0v) is 12.5. The van der Waals surface area contributed by atoms with Gasteiger partial charge in [-0.25, -0.2) is 0 Å². The van der Waals surface area contributed by atoms with Crippen molar-refractivity contribution in [3.63, 3.8) is 0 Å². The first-order valence-corrected chi connectivity index (χ1v) is 6.86. The van der Waals surface area contributed by atoms with Gasteiger partial charge in [0.1, 0.15) is 0 Å². The molecule has 2 aromatic carbocycles. The van der Waals surface area contributed by atoms with Crippen molar-refractivity contribution in [2.24, 2.45) is 0 Å². The van der Waals surface area contributed by atoms with Crippen molar-refractivity contribution in [1.29, 1.82) is 5.26 Å². The van der Waals surface area contributed by atoms with Crippen molar-refractivity contribution in [3.8, 4) is 6.07 Å². The van der Waals surface area contributed by atoms with Gasteiger partial charge in [-0.3, -0.25) is 14.9 Å². The highest BCUT2D eigenvalue weighted by Crippen LogP contribution is 2.24. The molecule has 6 heteroatoms. The van der Waals surface area contributed by atoms with E-state index < -0.39 is 4.92 Å². The van der Waals surface area contributed by atoms with E-state index >= 15 is 0 Å². The Morgan fingerprint density at radius 2 is 1.91 bits per heavy atom. The summed E-state index contributed by atoms with van der Waals surface area (Å²) in [5, 5.41) is 20.1. The highest BCUT2D eigenvalue weighted by molar-refractivity contribution is 5.73. The van der Waals surface area contributed by atoms with E-state index in [9.17, 15) is 14.9 Å². The van der Waals surface area contributed by atoms with Gasteiger partial charge in [-0.2, -0.15) is 5.26 Å². The lowest BCUT2D eigenvalue weighted by Gasteiger charge is -2.09. The van der Waals surface area contributed by atoms with E-state index in [1.54, 1.807) is 24.3 Å². The monoisotopic (exact) mass is 310 g/mol. The fraction of sp³-hybridized carbons (Fsp3) is 0.176. The Morgan fingerprint density at radius 3 is 2.52 bits per heavy atom. The fourth-order valence-corrected chi connectivity index (χ4v) is 2.29. The van der Waals surface area contributed by atoms with Crippen molar-refractivity contribution in [1.82, 2.24) is 0 Å². The maximum Gasteiger partial charge on any atom is 0.309 e. The second-order valence-electron chi connectivity index (χ2n) is 4.91. The van der Waals surface area contributed by atoms with Crippen LogP contribution in [0.5, 0.6) is 0 Å². The molecule has 0 saturated carbocycles. The predicted molar refractivity (Wildman–Crippen MR) is 82.8 cm³/mol. The lowest BCUT2D eigenvalue weighted by Crippen LogP contribution is -2.07. The van der Waals surface area contributed by atoms with Gasteiger partial charge in [0, 0.05) is 18.1 Å². The summed E-state index contributed by atoms with van der Waals surface area (Å²) in [6.07, 6.45) is 0.409. The molecule has 0 N–H and O–H groups in total. The summed E-state index contributed by atoms with van der Waals surface area (Å²) in [6.45, 7) is 0. The molecule has 6 nitrogen and oxygen atoms in total. The summed E-state index contributed by atoms with van der Waals surface area (Å²) in [6, 6.07) is 13.5. The van der Waals surface area contributed by atoms with E-state index in [4.69, 9.17) is 5.26 Å². The molecule has 0 amide bonds. The van der Waals surface area contributed by atoms with Gasteiger partial charge in [0.2, 0.25) is 0 Å². The van der Waals surface area contributed by atoms with Gasteiger partial charge in [0.15, 0.2) is 0 Å². The second-order valence-corrected chi connectivity index (χ2v) is 4.91. The molecule has 116 valence electrons. The Morgan fingerprint density at radius 1 is 1.22 bits per heavy atom. The number of nitrogens with zero attached hydrogens (tertiary/aromatic N) is 2. The maximum atomic E-state index is 11.5. The van der Waals surface area contributed by atoms with Gasteiger partial charge in [0.25, 0.3) is 5.69 Å². The fourth-order valence-electron chi connectivity index (χ4n) is 2.29. The molecule has 0 bridgehead atoms. The first kappa shape index (κ1) is 16.2. The van der Waals surface area contributed by atoms with Crippen molar-refractivity contribution in [2.45, 2.75) is 12.8 Å². The standard InChI is InChI=1S/C17H14N2O4/c1-23-17(20)10-14-5-3-2-4-13(14)9-15-7-6-12(11-18)8-16(15)19(21)22/h2-8H,9-10H2,1H3. The average molecular weight is 310 g/mol. The van der Waals surface area contributed by atoms with Crippen molar-refractivity contribution < 1.29 is 14.5 Å². The minimum Gasteiger partial charge on any atom is -0.469 e. The van der Waals surface area contributed by atoms with Crippen LogP contribution in [-0.4, -0.2) is 18.0 Å². The molecule has 0 aromatic heterocycles. The van der Waals surface area contributed by atoms with Crippen molar-refractivity contribution in [3.05, 3.63) is 74.8 Å². The number of nitriles is 1. The van der Waals surface area contributed by atoms with E-state index in [1.165, 1.54) is 13.2 Å². The van der Waals surface area contributed by atoms with E-state index in [0.717, 1.165) is 11.1 Å². The largest absolute Gasteiger partial charge is 0.469 e. The van der Waals surface area contributed by atoms with Gasteiger partial charge in [-0.15, -0.1) is 0 Å². The quantitative estimate of drug-likeness (QED) is 0.481. The normalized spacial score (nSPS) is 9.91. The molecule has 2 aromatic rings. The molecule has 0 fully saturated rings. The molecule has 0 aliphatic rings. The van der Waals surface area contributed by atoms with Crippen molar-refractivity contribution in [2.75, 3.05) is 7.11 Å². The first-order valence-electron chi connectivity index (χ1n) is 6.86. The van der Waals surface area contributed by atoms with Gasteiger partial charge in [0.05, 0.1) is 30.1 Å². The Bertz CT molecular complexity index is 793. The number of nitro groups is 1. The third-order valence-electron chi connectivity index (χ3n) is 3.47. The third kappa shape index (κ3) is 3.92. The number of carbonyl (C=O) groups excluding carboxylic acids is 1. The number of hydrogen-bond acceptors (Lipinski definition) is 5. The molecule has 0 saturated heterocycles. The molecule has 23 heavy (non-hydrogen) atoms. The van der Waals surface area contributed by atoms with Gasteiger partial charge < -0.3 is 4.74 Å². The van der Waals surface area contributed by atoms with Gasteiger partial charge >= 0.3 is 5.97 Å². The Kier molecular flexibility index (Phi) is 5.05. The lowest BCUT2D eigenvalue weighted by atomic mass is 9.96. The summed E-state index contributed by atoms with van der Waals surface area (Å²) in [5.74, 6) is -0.369. The SMILES string of the molecule is COC(=O)Cc1ccccc1Cc1ccc(C#N)cc1[N+](=O)[O-]. The summed E-state index contributed by atoms with van der Waals surface area (Å²) in [5.41, 5.74) is 2.20. The third-order valence-corrected chi connectivity index (χ3v) is 3.47. The van der Waals surface area contributed by atoms with Crippen LogP contribution in [0.15, 0.2) is 42.5 Å². The highest BCUT2D eigenvalue weighted by Gasteiger charge is 2.17. The zero-order chi connectivity index (χ0) is 16.8. The molecule has 0 unspecified atom stereocenters. The summed E-state index contributed by atoms with van der Waals surface area (Å²) < 4.78 is 4.67. The van der Waals surface area contributed by atoms with Crippen LogP contribution in [0.4, 0.5) is 5.69 Å². The van der Waals surface area contributed by atoms with E-state index in [2.05, 4.69) is 4.74 Å². The zero-order valence-electron chi connectivity index (χ0n) is 12.5. The maximum absolute atomic E-state index is 11.5. The Balaban J connectivity index is 2.38. The molecular weight excluding hydrogens is 296 g/mol. The summed E-state index contributed by atoms with van der Waals surface area (Å²) in [4.78, 5) is 22.2. The van der Waals surface area contributed by atoms with Crippen LogP contribution >= 0.6 is 0 Å². The second kappa shape index (κ2) is 7.18. The lowest BCUT2D eigenvalue weighted by molar-refractivity contribution is -0.385. The topological polar surface area (TPSA) is 93.2 Å². The molecule has 0 atom stereocenters. The number of methoxy groups -OCH3 is 1. The van der Waals surface area contributed by atoms with Crippen LogP contribution in [0.25, 0.3) is 0 Å². The van der Waals surface area contributed by atoms with Crippen LogP contribution in [0, 0.1) is 21.4 Å². The molecule has 0 aliphatic carbocycles. The summed E-state index contributed by atoms with van der Waals surface area (Å²) >= 11 is 0. The predicted octanol–water partition coefficient (Wildman–Crippen LogP) is 2.77. The van der Waals surface area contributed by atoms with Gasteiger partial charge in [-0.1, -0.05) is 30.3 Å². The number of rotatable bonds is 5. The number of hydrogen-bond donors (Lipinski definition) is 0. The smallest absolute Gasteiger partial charge is 0.309 e. The molecule has 2 rings (SSSR count). The minimum atomic E-state index is -0.501. The van der Waals surface area contributed by atoms with E-state index in [0.29, 0.717) is 12.0 Å². The van der Waals surface area contributed by atoms with Crippen molar-refractivity contribution >= 4 is 11.7 Å². The highest BCUT2D eigenvalue weighted by atomic mass is 16.6. The number of benzene rings is 2. The van der Waals surface area contributed by atoms with Crippen LogP contribution in [-0.2, 0) is 22.4 Å². The Labute approximate surface area is 133 Å². The van der Waals surface area contributed by atoms with Crippen LogP contribution < -0.4 is 0 Å². The average Bonchev–Trinajstić information content (AvgIpc) is 2.56. The van der Waals surface area contributed by atoms with Crippen LogP contribution in [0.3, 0.4) is 0 Å². The van der Waals surface area contributed by atoms with Gasteiger partial charge in [-0.05, 0) is 17.2 Å². The van der Waals surface area contributed by atoms with Crippen LogP contribution in [0.1, 0.15) is 22.3 Å². The number of ether oxygens (including phenoxy) is 1. The van der Waals surface area contributed by atoms with Crippen LogP contribution in [0.2, 0.25) is 0 Å².